The molecule has 12 rings (SSSR count). The van der Waals surface area contributed by atoms with Crippen molar-refractivity contribution in [2.75, 3.05) is 0 Å². The van der Waals surface area contributed by atoms with Crippen molar-refractivity contribution in [2.45, 2.75) is 0 Å². The molecule has 3 aromatic heterocycles. The molecule has 3 heterocycles. The topological polar surface area (TPSA) is 14.8 Å². The van der Waals surface area contributed by atoms with Crippen molar-refractivity contribution in [1.29, 1.82) is 0 Å². The van der Waals surface area contributed by atoms with Gasteiger partial charge in [-0.15, -0.1) is 0 Å². The van der Waals surface area contributed by atoms with Crippen LogP contribution in [0.5, 0.6) is 0 Å². The third-order valence-electron chi connectivity index (χ3n) is 11.8. The predicted octanol–water partition coefficient (Wildman–Crippen LogP) is 14.3. The molecule has 0 radical (unpaired) electrons. The van der Waals surface area contributed by atoms with Gasteiger partial charge in [0.15, 0.2) is 0 Å². The highest BCUT2D eigenvalue weighted by Crippen LogP contribution is 2.40. The molecule has 12 aromatic rings. The van der Waals surface area contributed by atoms with Crippen LogP contribution in [0.4, 0.5) is 0 Å². The molecule has 0 spiro atoms. The van der Waals surface area contributed by atoms with Gasteiger partial charge in [0.1, 0.15) is 0 Å². The van der Waals surface area contributed by atoms with Gasteiger partial charge in [0.25, 0.3) is 0 Å². The number of hydrogen-bond donors (Lipinski definition) is 0. The average molecular weight is 726 g/mol. The fourth-order valence-electron chi connectivity index (χ4n) is 9.27. The van der Waals surface area contributed by atoms with Crippen LogP contribution in [0, 0.1) is 0 Å². The first kappa shape index (κ1) is 31.7. The maximum absolute atomic E-state index is 2.44. The van der Waals surface area contributed by atoms with Gasteiger partial charge in [-0.1, -0.05) is 127 Å². The minimum Gasteiger partial charge on any atom is -0.309 e. The number of nitrogens with zero attached hydrogens (tertiary/aromatic N) is 3. The second-order valence-electron chi connectivity index (χ2n) is 15.0. The molecule has 0 aliphatic carbocycles. The molecule has 3 nitrogen and oxygen atoms in total. The SMILES string of the molecule is c1ccc(-n2c3ccccc3c3cc(-c4cccc(-n5c6ccccc6c6ccc(-c7ccc8c(c7)c7ccccc7n8-c7ccccc7)cc65)c4)ccc32)cc1. The lowest BCUT2D eigenvalue weighted by molar-refractivity contribution is 1.18. The van der Waals surface area contributed by atoms with Crippen LogP contribution < -0.4 is 0 Å². The third kappa shape index (κ3) is 4.86. The molecule has 0 aliphatic rings. The van der Waals surface area contributed by atoms with E-state index in [1.807, 2.05) is 0 Å². The minimum atomic E-state index is 1.14. The second kappa shape index (κ2) is 12.5. The van der Waals surface area contributed by atoms with E-state index in [-0.39, 0.29) is 0 Å². The van der Waals surface area contributed by atoms with Gasteiger partial charge in [-0.05, 0) is 107 Å². The zero-order chi connectivity index (χ0) is 37.5. The van der Waals surface area contributed by atoms with Crippen LogP contribution in [0.3, 0.4) is 0 Å². The summed E-state index contributed by atoms with van der Waals surface area (Å²) in [7, 11) is 0. The van der Waals surface area contributed by atoms with Gasteiger partial charge in [-0.2, -0.15) is 0 Å². The number of aromatic nitrogens is 3. The summed E-state index contributed by atoms with van der Waals surface area (Å²) in [6, 6.07) is 77.4. The van der Waals surface area contributed by atoms with E-state index in [9.17, 15) is 0 Å². The van der Waals surface area contributed by atoms with Crippen molar-refractivity contribution in [3.8, 4) is 39.3 Å². The summed E-state index contributed by atoms with van der Waals surface area (Å²) in [6.45, 7) is 0. The van der Waals surface area contributed by atoms with Crippen LogP contribution in [0.2, 0.25) is 0 Å². The Hall–Kier alpha value is -7.62. The molecule has 266 valence electrons. The molecule has 0 amide bonds. The average Bonchev–Trinajstić information content (AvgIpc) is 3.92. The smallest absolute Gasteiger partial charge is 0.0547 e. The number of hydrogen-bond acceptors (Lipinski definition) is 0. The molecule has 3 heteroatoms. The van der Waals surface area contributed by atoms with Crippen molar-refractivity contribution in [2.24, 2.45) is 0 Å². The molecule has 0 fully saturated rings. The lowest BCUT2D eigenvalue weighted by Gasteiger charge is -2.12. The molecule has 0 saturated carbocycles. The minimum absolute atomic E-state index is 1.14. The van der Waals surface area contributed by atoms with Crippen molar-refractivity contribution >= 4 is 65.4 Å². The Morgan fingerprint density at radius 2 is 0.561 bits per heavy atom. The quantitative estimate of drug-likeness (QED) is 0.168. The standard InChI is InChI=1S/C54H35N3/c1-3-15-40(16-4-1)55-50-24-11-8-21-44(50)47-33-37(27-30-52(47)55)36-14-13-19-42(32-36)57-49-23-10-7-20-43(49)46-29-26-39(35-54(46)57)38-28-31-53-48(34-38)45-22-9-12-25-51(45)56(53)41-17-5-2-6-18-41/h1-35H. The van der Waals surface area contributed by atoms with Gasteiger partial charge in [0.2, 0.25) is 0 Å². The zero-order valence-corrected chi connectivity index (χ0v) is 31.0. The molecule has 0 saturated heterocycles. The fourth-order valence-corrected chi connectivity index (χ4v) is 9.27. The molecule has 0 aliphatic heterocycles. The van der Waals surface area contributed by atoms with Crippen LogP contribution in [0.15, 0.2) is 212 Å². The Balaban J connectivity index is 1.01. The maximum Gasteiger partial charge on any atom is 0.0547 e. The first-order valence-corrected chi connectivity index (χ1v) is 19.6. The lowest BCUT2D eigenvalue weighted by atomic mass is 10.0. The summed E-state index contributed by atoms with van der Waals surface area (Å²) in [5.74, 6) is 0. The third-order valence-corrected chi connectivity index (χ3v) is 11.8. The van der Waals surface area contributed by atoms with Gasteiger partial charge in [-0.25, -0.2) is 0 Å². The van der Waals surface area contributed by atoms with Crippen molar-refractivity contribution in [3.63, 3.8) is 0 Å². The first-order chi connectivity index (χ1) is 28.3. The molecule has 9 aromatic carbocycles. The van der Waals surface area contributed by atoms with E-state index in [1.54, 1.807) is 0 Å². The highest BCUT2D eigenvalue weighted by Gasteiger charge is 2.17. The van der Waals surface area contributed by atoms with Crippen molar-refractivity contribution in [3.05, 3.63) is 212 Å². The normalized spacial score (nSPS) is 11.9. The molecule has 0 unspecified atom stereocenters. The summed E-state index contributed by atoms with van der Waals surface area (Å²) >= 11 is 0. The van der Waals surface area contributed by atoms with Gasteiger partial charge in [-0.3, -0.25) is 0 Å². The zero-order valence-electron chi connectivity index (χ0n) is 31.0. The highest BCUT2D eigenvalue weighted by molar-refractivity contribution is 6.13. The van der Waals surface area contributed by atoms with Gasteiger partial charge >= 0.3 is 0 Å². The van der Waals surface area contributed by atoms with Crippen LogP contribution in [-0.4, -0.2) is 13.7 Å². The first-order valence-electron chi connectivity index (χ1n) is 19.6. The van der Waals surface area contributed by atoms with E-state index in [2.05, 4.69) is 226 Å². The van der Waals surface area contributed by atoms with Crippen molar-refractivity contribution in [1.82, 2.24) is 13.7 Å². The van der Waals surface area contributed by atoms with E-state index < -0.39 is 0 Å². The lowest BCUT2D eigenvalue weighted by Crippen LogP contribution is -1.95. The Kier molecular flexibility index (Phi) is 6.93. The molecule has 0 bridgehead atoms. The Morgan fingerprint density at radius 3 is 1.11 bits per heavy atom. The second-order valence-corrected chi connectivity index (χ2v) is 15.0. The predicted molar refractivity (Wildman–Crippen MR) is 240 cm³/mol. The largest absolute Gasteiger partial charge is 0.309 e. The van der Waals surface area contributed by atoms with Crippen molar-refractivity contribution < 1.29 is 0 Å². The van der Waals surface area contributed by atoms with Crippen LogP contribution in [0.1, 0.15) is 0 Å². The molecule has 57 heavy (non-hydrogen) atoms. The summed E-state index contributed by atoms with van der Waals surface area (Å²) in [6.07, 6.45) is 0. The van der Waals surface area contributed by atoms with Gasteiger partial charge in [0.05, 0.1) is 33.1 Å². The summed E-state index contributed by atoms with van der Waals surface area (Å²) in [5.41, 5.74) is 15.5. The van der Waals surface area contributed by atoms with E-state index in [4.69, 9.17) is 0 Å². The number of rotatable bonds is 5. The van der Waals surface area contributed by atoms with Gasteiger partial charge < -0.3 is 13.7 Å². The molecule has 0 N–H and O–H groups in total. The van der Waals surface area contributed by atoms with E-state index >= 15 is 0 Å². The monoisotopic (exact) mass is 725 g/mol. The van der Waals surface area contributed by atoms with Crippen LogP contribution in [0.25, 0.3) is 105 Å². The number of benzene rings is 9. The van der Waals surface area contributed by atoms with Gasteiger partial charge in [0, 0.05) is 49.4 Å². The Morgan fingerprint density at radius 1 is 0.193 bits per heavy atom. The van der Waals surface area contributed by atoms with E-state index in [0.29, 0.717) is 0 Å². The summed E-state index contributed by atoms with van der Waals surface area (Å²) in [5, 5.41) is 7.52. The maximum atomic E-state index is 2.44. The number of para-hydroxylation sites is 5. The number of fused-ring (bicyclic) bond motifs is 9. The Bertz CT molecular complexity index is 3510. The van der Waals surface area contributed by atoms with Crippen LogP contribution in [-0.2, 0) is 0 Å². The fraction of sp³-hybridized carbons (Fsp3) is 0. The van der Waals surface area contributed by atoms with Crippen LogP contribution >= 0.6 is 0 Å². The van der Waals surface area contributed by atoms with E-state index in [1.165, 1.54) is 99.0 Å². The summed E-state index contributed by atoms with van der Waals surface area (Å²) in [4.78, 5) is 0. The molecular weight excluding hydrogens is 691 g/mol. The molecular formula is C54H35N3. The highest BCUT2D eigenvalue weighted by atomic mass is 15.0. The van der Waals surface area contributed by atoms with E-state index in [0.717, 1.165) is 5.69 Å². The Labute approximate surface area is 329 Å². The summed E-state index contributed by atoms with van der Waals surface area (Å²) < 4.78 is 7.19. The molecule has 0 atom stereocenters.